The summed E-state index contributed by atoms with van der Waals surface area (Å²) in [5, 5.41) is 3.81. The van der Waals surface area contributed by atoms with E-state index in [1.807, 2.05) is 19.1 Å². The Bertz CT molecular complexity index is 1250. The van der Waals surface area contributed by atoms with Crippen LogP contribution in [0.15, 0.2) is 36.5 Å². The van der Waals surface area contributed by atoms with E-state index >= 15 is 0 Å². The molecule has 4 rings (SSSR count). The summed E-state index contributed by atoms with van der Waals surface area (Å²) < 4.78 is 12.4. The minimum atomic E-state index is -0.660. The molecule has 0 radical (unpaired) electrons. The second-order valence-electron chi connectivity index (χ2n) is 6.38. The van der Waals surface area contributed by atoms with E-state index in [1.54, 1.807) is 29.7 Å². The summed E-state index contributed by atoms with van der Waals surface area (Å²) >= 11 is 6.37. The highest BCUT2D eigenvalue weighted by molar-refractivity contribution is 6.33. The van der Waals surface area contributed by atoms with Crippen LogP contribution < -0.4 is 20.5 Å². The summed E-state index contributed by atoms with van der Waals surface area (Å²) in [4.78, 5) is 20.9. The number of nitrogens with zero attached hydrogens (tertiary/aromatic N) is 3. The molecule has 0 saturated carbocycles. The molecule has 29 heavy (non-hydrogen) atoms. The molecule has 8 nitrogen and oxygen atoms in total. The van der Waals surface area contributed by atoms with Gasteiger partial charge in [0, 0.05) is 12.1 Å². The molecule has 0 aliphatic rings. The summed E-state index contributed by atoms with van der Waals surface area (Å²) in [7, 11) is 3.08. The minimum absolute atomic E-state index is 0.0820. The van der Waals surface area contributed by atoms with Crippen molar-refractivity contribution in [3.63, 3.8) is 0 Å². The van der Waals surface area contributed by atoms with Crippen LogP contribution in [-0.4, -0.2) is 34.5 Å². The molecule has 0 aliphatic heterocycles. The average Bonchev–Trinajstić information content (AvgIpc) is 3.15. The first-order chi connectivity index (χ1) is 13.9. The topological polar surface area (TPSA) is 104 Å². The van der Waals surface area contributed by atoms with Crippen molar-refractivity contribution in [3.8, 4) is 11.5 Å². The number of benzene rings is 2. The first kappa shape index (κ1) is 18.8. The average molecular weight is 412 g/mol. The highest BCUT2D eigenvalue weighted by Gasteiger charge is 2.19. The second kappa shape index (κ2) is 7.14. The lowest BCUT2D eigenvalue weighted by molar-refractivity contribution is 0.0990. The van der Waals surface area contributed by atoms with Gasteiger partial charge in [-0.3, -0.25) is 9.20 Å². The Labute approximate surface area is 171 Å². The number of amides is 1. The number of halogens is 1. The van der Waals surface area contributed by atoms with E-state index in [0.29, 0.717) is 44.6 Å². The third-order valence-electron chi connectivity index (χ3n) is 4.64. The predicted octanol–water partition coefficient (Wildman–Crippen LogP) is 3.70. The number of ether oxygens (including phenoxy) is 2. The molecule has 3 N–H and O–H groups in total. The number of nitrogens with one attached hydrogen (secondary N) is 1. The van der Waals surface area contributed by atoms with Gasteiger partial charge >= 0.3 is 0 Å². The van der Waals surface area contributed by atoms with Crippen molar-refractivity contribution < 1.29 is 14.3 Å². The maximum atomic E-state index is 12.0. The number of carbonyl (C=O) groups excluding carboxylic acids is 1. The molecule has 0 aliphatic carbocycles. The van der Waals surface area contributed by atoms with E-state index in [-0.39, 0.29) is 5.82 Å². The van der Waals surface area contributed by atoms with Crippen LogP contribution in [0.5, 0.6) is 11.5 Å². The van der Waals surface area contributed by atoms with E-state index in [4.69, 9.17) is 31.8 Å². The third-order valence-corrected chi connectivity index (χ3v) is 4.96. The zero-order chi connectivity index (χ0) is 20.7. The van der Waals surface area contributed by atoms with Gasteiger partial charge in [-0.15, -0.1) is 0 Å². The van der Waals surface area contributed by atoms with Crippen molar-refractivity contribution in [1.29, 1.82) is 0 Å². The monoisotopic (exact) mass is 411 g/mol. The minimum Gasteiger partial charge on any atom is -0.493 e. The fraction of sp³-hybridized carbons (Fsp3) is 0.150. The number of carbonyl (C=O) groups is 1. The number of rotatable bonds is 5. The Morgan fingerprint density at radius 3 is 2.55 bits per heavy atom. The fourth-order valence-corrected chi connectivity index (χ4v) is 3.51. The van der Waals surface area contributed by atoms with Gasteiger partial charge in [-0.25, -0.2) is 9.97 Å². The van der Waals surface area contributed by atoms with Crippen molar-refractivity contribution in [1.82, 2.24) is 14.4 Å². The third kappa shape index (κ3) is 3.07. The molecule has 2 heterocycles. The first-order valence-electron chi connectivity index (χ1n) is 8.69. The highest BCUT2D eigenvalue weighted by atomic mass is 35.5. The SMILES string of the molecule is COc1cc2nc(Nc3c(C)cccc3Cl)c3cnc(C(N)=O)n3c2cc1OC. The number of aromatic nitrogens is 3. The summed E-state index contributed by atoms with van der Waals surface area (Å²) in [5.41, 5.74) is 8.94. The summed E-state index contributed by atoms with van der Waals surface area (Å²) in [5.74, 6) is 0.897. The van der Waals surface area contributed by atoms with Crippen LogP contribution in [0.2, 0.25) is 5.02 Å². The van der Waals surface area contributed by atoms with Gasteiger partial charge < -0.3 is 20.5 Å². The lowest BCUT2D eigenvalue weighted by atomic mass is 10.2. The number of hydrogen-bond donors (Lipinski definition) is 2. The predicted molar refractivity (Wildman–Crippen MR) is 112 cm³/mol. The molecular formula is C20H18ClN5O3. The molecule has 0 bridgehead atoms. The second-order valence-corrected chi connectivity index (χ2v) is 6.79. The van der Waals surface area contributed by atoms with Gasteiger partial charge in [0.25, 0.3) is 5.91 Å². The number of hydrogen-bond acceptors (Lipinski definition) is 6. The number of imidazole rings is 1. The standard InChI is InChI=1S/C20H18ClN5O3/c1-10-5-4-6-11(21)17(10)25-19-14-9-23-20(18(22)27)26(14)13-8-16(29-3)15(28-2)7-12(13)24-19/h4-9H,1-3H3,(H2,22,27)(H,24,25). The van der Waals surface area contributed by atoms with Gasteiger partial charge in [0.2, 0.25) is 5.82 Å². The molecule has 0 saturated heterocycles. The number of nitrogens with two attached hydrogens (primary N) is 1. The molecule has 0 fully saturated rings. The van der Waals surface area contributed by atoms with Crippen molar-refractivity contribution in [2.75, 3.05) is 19.5 Å². The van der Waals surface area contributed by atoms with Gasteiger partial charge in [-0.2, -0.15) is 0 Å². The number of primary amides is 1. The Kier molecular flexibility index (Phi) is 4.63. The van der Waals surface area contributed by atoms with Crippen LogP contribution in [0.3, 0.4) is 0 Å². The quantitative estimate of drug-likeness (QED) is 0.519. The van der Waals surface area contributed by atoms with Crippen LogP contribution in [0.25, 0.3) is 16.6 Å². The van der Waals surface area contributed by atoms with Crippen molar-refractivity contribution in [2.45, 2.75) is 6.92 Å². The lowest BCUT2D eigenvalue weighted by Crippen LogP contribution is -2.16. The molecule has 0 unspecified atom stereocenters. The van der Waals surface area contributed by atoms with Crippen LogP contribution in [-0.2, 0) is 0 Å². The van der Waals surface area contributed by atoms with E-state index < -0.39 is 5.91 Å². The summed E-state index contributed by atoms with van der Waals surface area (Å²) in [6, 6.07) is 9.04. The normalized spacial score (nSPS) is 11.0. The van der Waals surface area contributed by atoms with Gasteiger partial charge in [0.1, 0.15) is 5.52 Å². The number of aryl methyl sites for hydroxylation is 1. The molecule has 148 valence electrons. The van der Waals surface area contributed by atoms with Crippen molar-refractivity contribution in [2.24, 2.45) is 5.73 Å². The highest BCUT2D eigenvalue weighted by Crippen LogP contribution is 2.35. The van der Waals surface area contributed by atoms with Crippen molar-refractivity contribution in [3.05, 3.63) is 52.9 Å². The Morgan fingerprint density at radius 1 is 1.17 bits per heavy atom. The zero-order valence-electron chi connectivity index (χ0n) is 16.0. The number of methoxy groups -OCH3 is 2. The van der Waals surface area contributed by atoms with Crippen molar-refractivity contribution >= 4 is 45.6 Å². The van der Waals surface area contributed by atoms with Crippen LogP contribution >= 0.6 is 11.6 Å². The first-order valence-corrected chi connectivity index (χ1v) is 9.07. The molecule has 2 aromatic carbocycles. The Morgan fingerprint density at radius 2 is 1.90 bits per heavy atom. The molecule has 0 spiro atoms. The van der Waals surface area contributed by atoms with Gasteiger partial charge in [-0.05, 0) is 18.6 Å². The number of anilines is 2. The van der Waals surface area contributed by atoms with E-state index in [1.165, 1.54) is 13.3 Å². The molecule has 1 amide bonds. The molecular weight excluding hydrogens is 394 g/mol. The summed E-state index contributed by atoms with van der Waals surface area (Å²) in [6.45, 7) is 1.94. The van der Waals surface area contributed by atoms with E-state index in [2.05, 4.69) is 10.3 Å². The van der Waals surface area contributed by atoms with Crippen LogP contribution in [0.4, 0.5) is 11.5 Å². The zero-order valence-corrected chi connectivity index (χ0v) is 16.7. The van der Waals surface area contributed by atoms with Crippen LogP contribution in [0.1, 0.15) is 16.2 Å². The lowest BCUT2D eigenvalue weighted by Gasteiger charge is -2.15. The summed E-state index contributed by atoms with van der Waals surface area (Å²) in [6.07, 6.45) is 1.54. The molecule has 4 aromatic rings. The largest absolute Gasteiger partial charge is 0.493 e. The molecule has 9 heteroatoms. The van der Waals surface area contributed by atoms with Crippen LogP contribution in [0, 0.1) is 6.92 Å². The number of para-hydroxylation sites is 1. The number of fused-ring (bicyclic) bond motifs is 3. The van der Waals surface area contributed by atoms with E-state index in [9.17, 15) is 4.79 Å². The van der Waals surface area contributed by atoms with E-state index in [0.717, 1.165) is 5.56 Å². The molecule has 0 atom stereocenters. The molecule has 2 aromatic heterocycles. The Hall–Kier alpha value is -3.52. The van der Waals surface area contributed by atoms with Gasteiger partial charge in [0.05, 0.1) is 42.2 Å². The maximum Gasteiger partial charge on any atom is 0.285 e. The smallest absolute Gasteiger partial charge is 0.285 e. The maximum absolute atomic E-state index is 12.0. The van der Waals surface area contributed by atoms with Gasteiger partial charge in [-0.1, -0.05) is 23.7 Å². The Balaban J connectivity index is 2.05. The fourth-order valence-electron chi connectivity index (χ4n) is 3.24. The van der Waals surface area contributed by atoms with Gasteiger partial charge in [0.15, 0.2) is 17.3 Å².